The van der Waals surface area contributed by atoms with Crippen LogP contribution < -0.4 is 0 Å². The highest BCUT2D eigenvalue weighted by Gasteiger charge is 2.24. The number of nitrogens with zero attached hydrogens (tertiary/aromatic N) is 2. The molecule has 1 aromatic rings. The molecule has 1 N–H and O–H groups in total. The van der Waals surface area contributed by atoms with Gasteiger partial charge in [-0.3, -0.25) is 9.78 Å². The Balaban J connectivity index is 2.18. The molecule has 0 spiro atoms. The van der Waals surface area contributed by atoms with E-state index in [4.69, 9.17) is 9.84 Å². The van der Waals surface area contributed by atoms with Gasteiger partial charge in [-0.2, -0.15) is 0 Å². The summed E-state index contributed by atoms with van der Waals surface area (Å²) in [5, 5.41) is 9.00. The number of hydrogen-bond acceptors (Lipinski definition) is 4. The maximum absolute atomic E-state index is 12.1. The largest absolute Gasteiger partial charge is 0.390 e. The first-order chi connectivity index (χ1) is 8.26. The average molecular weight is 236 g/mol. The van der Waals surface area contributed by atoms with Gasteiger partial charge in [0.05, 0.1) is 30.2 Å². The predicted octanol–water partition coefficient (Wildman–Crippen LogP) is 0.219. The fourth-order valence-corrected chi connectivity index (χ4v) is 1.95. The standard InChI is InChI=1S/C12H16N2O3/c1-17-7-6-14-5-4-11-10(12(14)16)3-2-9(8-15)13-11/h2-3,15H,4-8H2,1H3. The molecule has 2 rings (SSSR count). The molecular formula is C12H16N2O3. The maximum atomic E-state index is 12.1. The number of carbonyl (C=O) groups is 1. The molecule has 1 aliphatic heterocycles. The van der Waals surface area contributed by atoms with Crippen molar-refractivity contribution < 1.29 is 14.6 Å². The van der Waals surface area contributed by atoms with Crippen LogP contribution in [0.2, 0.25) is 0 Å². The van der Waals surface area contributed by atoms with Crippen molar-refractivity contribution in [2.45, 2.75) is 13.0 Å². The predicted molar refractivity (Wildman–Crippen MR) is 61.6 cm³/mol. The monoisotopic (exact) mass is 236 g/mol. The lowest BCUT2D eigenvalue weighted by Crippen LogP contribution is -2.40. The van der Waals surface area contributed by atoms with Gasteiger partial charge in [0.1, 0.15) is 0 Å². The average Bonchev–Trinajstić information content (AvgIpc) is 2.37. The van der Waals surface area contributed by atoms with Gasteiger partial charge < -0.3 is 14.7 Å². The Morgan fingerprint density at radius 1 is 1.53 bits per heavy atom. The van der Waals surface area contributed by atoms with E-state index in [0.717, 1.165) is 12.1 Å². The van der Waals surface area contributed by atoms with Crippen LogP contribution in [0, 0.1) is 0 Å². The van der Waals surface area contributed by atoms with E-state index >= 15 is 0 Å². The van der Waals surface area contributed by atoms with Gasteiger partial charge in [0.2, 0.25) is 0 Å². The molecule has 0 atom stereocenters. The summed E-state index contributed by atoms with van der Waals surface area (Å²) < 4.78 is 4.97. The Morgan fingerprint density at radius 2 is 2.35 bits per heavy atom. The first kappa shape index (κ1) is 12.0. The second-order valence-corrected chi connectivity index (χ2v) is 3.99. The molecule has 0 bridgehead atoms. The van der Waals surface area contributed by atoms with Crippen LogP contribution in [-0.4, -0.2) is 47.7 Å². The number of aliphatic hydroxyl groups is 1. The lowest BCUT2D eigenvalue weighted by Gasteiger charge is -2.27. The lowest BCUT2D eigenvalue weighted by atomic mass is 10.0. The van der Waals surface area contributed by atoms with E-state index in [1.807, 2.05) is 0 Å². The molecular weight excluding hydrogens is 220 g/mol. The van der Waals surface area contributed by atoms with E-state index in [1.165, 1.54) is 0 Å². The molecule has 0 aliphatic carbocycles. The van der Waals surface area contributed by atoms with Crippen LogP contribution in [0.5, 0.6) is 0 Å². The van der Waals surface area contributed by atoms with Crippen molar-refractivity contribution in [3.05, 3.63) is 29.1 Å². The zero-order valence-corrected chi connectivity index (χ0v) is 9.85. The van der Waals surface area contributed by atoms with Crippen LogP contribution in [0.4, 0.5) is 0 Å². The van der Waals surface area contributed by atoms with Gasteiger partial charge in [-0.25, -0.2) is 0 Å². The van der Waals surface area contributed by atoms with Crippen molar-refractivity contribution in [2.24, 2.45) is 0 Å². The zero-order valence-electron chi connectivity index (χ0n) is 9.85. The molecule has 1 aromatic heterocycles. The normalized spacial score (nSPS) is 14.9. The van der Waals surface area contributed by atoms with Crippen LogP contribution in [0.25, 0.3) is 0 Å². The Bertz CT molecular complexity index is 420. The van der Waals surface area contributed by atoms with Crippen LogP contribution in [0.3, 0.4) is 0 Å². The van der Waals surface area contributed by atoms with Crippen molar-refractivity contribution in [3.63, 3.8) is 0 Å². The lowest BCUT2D eigenvalue weighted by molar-refractivity contribution is 0.0676. The van der Waals surface area contributed by atoms with Gasteiger partial charge in [-0.15, -0.1) is 0 Å². The number of pyridine rings is 1. The molecule has 0 fully saturated rings. The number of hydrogen-bond donors (Lipinski definition) is 1. The summed E-state index contributed by atoms with van der Waals surface area (Å²) in [6.07, 6.45) is 0.735. The van der Waals surface area contributed by atoms with Gasteiger partial charge in [0.25, 0.3) is 5.91 Å². The molecule has 2 heterocycles. The van der Waals surface area contributed by atoms with Crippen molar-refractivity contribution in [2.75, 3.05) is 26.8 Å². The van der Waals surface area contributed by atoms with E-state index < -0.39 is 0 Å². The molecule has 0 unspecified atom stereocenters. The van der Waals surface area contributed by atoms with E-state index in [1.54, 1.807) is 24.1 Å². The number of methoxy groups -OCH3 is 1. The molecule has 1 amide bonds. The number of carbonyl (C=O) groups excluding carboxylic acids is 1. The van der Waals surface area contributed by atoms with Crippen LogP contribution in [-0.2, 0) is 17.8 Å². The van der Waals surface area contributed by atoms with Gasteiger partial charge in [-0.05, 0) is 12.1 Å². The first-order valence-electron chi connectivity index (χ1n) is 5.64. The molecule has 1 aliphatic rings. The number of rotatable bonds is 4. The Kier molecular flexibility index (Phi) is 3.71. The van der Waals surface area contributed by atoms with Crippen molar-refractivity contribution >= 4 is 5.91 Å². The SMILES string of the molecule is COCCN1CCc2nc(CO)ccc2C1=O. The number of aliphatic hydroxyl groups excluding tert-OH is 1. The van der Waals surface area contributed by atoms with Crippen LogP contribution in [0.15, 0.2) is 12.1 Å². The number of amides is 1. The summed E-state index contributed by atoms with van der Waals surface area (Å²) in [5.74, 6) is 0.000268. The summed E-state index contributed by atoms with van der Waals surface area (Å²) in [5.41, 5.74) is 2.04. The minimum absolute atomic E-state index is 0.000268. The summed E-state index contributed by atoms with van der Waals surface area (Å²) >= 11 is 0. The molecule has 5 nitrogen and oxygen atoms in total. The first-order valence-corrected chi connectivity index (χ1v) is 5.64. The minimum atomic E-state index is -0.0884. The molecule has 17 heavy (non-hydrogen) atoms. The Morgan fingerprint density at radius 3 is 3.06 bits per heavy atom. The highest BCUT2D eigenvalue weighted by molar-refractivity contribution is 5.96. The molecule has 92 valence electrons. The second kappa shape index (κ2) is 5.25. The fourth-order valence-electron chi connectivity index (χ4n) is 1.95. The molecule has 0 radical (unpaired) electrons. The Hall–Kier alpha value is -1.46. The topological polar surface area (TPSA) is 62.7 Å². The van der Waals surface area contributed by atoms with Gasteiger partial charge >= 0.3 is 0 Å². The van der Waals surface area contributed by atoms with E-state index in [9.17, 15) is 4.79 Å². The third-order valence-corrected chi connectivity index (χ3v) is 2.90. The summed E-state index contributed by atoms with van der Waals surface area (Å²) in [6.45, 7) is 1.73. The molecule has 0 saturated heterocycles. The van der Waals surface area contributed by atoms with Crippen LogP contribution in [0.1, 0.15) is 21.7 Å². The zero-order chi connectivity index (χ0) is 12.3. The quantitative estimate of drug-likeness (QED) is 0.812. The summed E-state index contributed by atoms with van der Waals surface area (Å²) in [6, 6.07) is 3.44. The fraction of sp³-hybridized carbons (Fsp3) is 0.500. The maximum Gasteiger partial charge on any atom is 0.255 e. The number of ether oxygens (including phenoxy) is 1. The third-order valence-electron chi connectivity index (χ3n) is 2.90. The molecule has 0 aromatic carbocycles. The van der Waals surface area contributed by atoms with E-state index in [2.05, 4.69) is 4.98 Å². The number of fused-ring (bicyclic) bond motifs is 1. The highest BCUT2D eigenvalue weighted by Crippen LogP contribution is 2.17. The Labute approximate surface area is 100 Å². The van der Waals surface area contributed by atoms with Crippen molar-refractivity contribution in [1.82, 2.24) is 9.88 Å². The third kappa shape index (κ3) is 2.45. The van der Waals surface area contributed by atoms with Gasteiger partial charge in [-0.1, -0.05) is 0 Å². The summed E-state index contributed by atoms with van der Waals surface area (Å²) in [7, 11) is 1.62. The van der Waals surface area contributed by atoms with Crippen LogP contribution >= 0.6 is 0 Å². The number of aromatic nitrogens is 1. The van der Waals surface area contributed by atoms with E-state index in [-0.39, 0.29) is 12.5 Å². The highest BCUT2D eigenvalue weighted by atomic mass is 16.5. The molecule has 5 heteroatoms. The second-order valence-electron chi connectivity index (χ2n) is 3.99. The molecule has 0 saturated carbocycles. The van der Waals surface area contributed by atoms with E-state index in [0.29, 0.717) is 31.0 Å². The van der Waals surface area contributed by atoms with Gasteiger partial charge in [0, 0.05) is 26.6 Å². The van der Waals surface area contributed by atoms with Crippen molar-refractivity contribution in [1.29, 1.82) is 0 Å². The van der Waals surface area contributed by atoms with Crippen molar-refractivity contribution in [3.8, 4) is 0 Å². The smallest absolute Gasteiger partial charge is 0.255 e. The van der Waals surface area contributed by atoms with Gasteiger partial charge in [0.15, 0.2) is 0 Å². The summed E-state index contributed by atoms with van der Waals surface area (Å²) in [4.78, 5) is 18.1. The minimum Gasteiger partial charge on any atom is -0.390 e.